The summed E-state index contributed by atoms with van der Waals surface area (Å²) in [5, 5.41) is 4.07. The van der Waals surface area contributed by atoms with Gasteiger partial charge in [0.1, 0.15) is 0 Å². The van der Waals surface area contributed by atoms with Crippen LogP contribution in [0.4, 0.5) is 0 Å². The lowest BCUT2D eigenvalue weighted by Gasteiger charge is -2.04. The minimum absolute atomic E-state index is 0.358. The maximum atomic E-state index is 5.79. The van der Waals surface area contributed by atoms with Crippen molar-refractivity contribution in [3.63, 3.8) is 0 Å². The van der Waals surface area contributed by atoms with Crippen LogP contribution in [0.2, 0.25) is 0 Å². The number of rotatable bonds is 3. The quantitative estimate of drug-likeness (QED) is 0.772. The molecule has 1 N–H and O–H groups in total. The molecule has 1 rings (SSSR count). The summed E-state index contributed by atoms with van der Waals surface area (Å²) in [6.45, 7) is 9.74. The van der Waals surface area contributed by atoms with Crippen molar-refractivity contribution < 1.29 is 0 Å². The maximum absolute atomic E-state index is 5.79. The highest BCUT2D eigenvalue weighted by Crippen LogP contribution is 2.62. The lowest BCUT2D eigenvalue weighted by molar-refractivity contribution is 0.457. The summed E-state index contributed by atoms with van der Waals surface area (Å²) in [5.74, 6) is 0. The van der Waals surface area contributed by atoms with Gasteiger partial charge < -0.3 is 5.32 Å². The highest BCUT2D eigenvalue weighted by molar-refractivity contribution is 6.36. The molecule has 0 amide bonds. The molecule has 0 aromatic rings. The van der Waals surface area contributed by atoms with E-state index < -0.39 is 0 Å². The molecule has 76 valence electrons. The highest BCUT2D eigenvalue weighted by Gasteiger charge is 2.64. The number of nitrogens with one attached hydrogen (secondary N) is 1. The van der Waals surface area contributed by atoms with Gasteiger partial charge >= 0.3 is 0 Å². The van der Waals surface area contributed by atoms with E-state index in [1.807, 2.05) is 0 Å². The summed E-state index contributed by atoms with van der Waals surface area (Å²) in [6.07, 6.45) is 0. The lowest BCUT2D eigenvalue weighted by atomic mass is 10.0. The molecule has 0 aromatic carbocycles. The van der Waals surface area contributed by atoms with Crippen LogP contribution in [0.3, 0.4) is 0 Å². The van der Waals surface area contributed by atoms with E-state index in [2.05, 4.69) is 33.0 Å². The first-order valence-corrected chi connectivity index (χ1v) is 5.33. The third kappa shape index (κ3) is 1.88. The van der Waals surface area contributed by atoms with Crippen LogP contribution in [0.1, 0.15) is 27.7 Å². The van der Waals surface area contributed by atoms with Crippen molar-refractivity contribution in [1.82, 2.24) is 5.32 Å². The summed E-state index contributed by atoms with van der Waals surface area (Å²) in [6, 6.07) is 0.533. The second-order valence-corrected chi connectivity index (χ2v) is 5.52. The molecule has 0 bridgehead atoms. The van der Waals surface area contributed by atoms with E-state index in [0.717, 1.165) is 0 Å². The molecular formula is C10H17Cl2N. The molecule has 13 heavy (non-hydrogen) atoms. The average molecular weight is 222 g/mol. The minimum Gasteiger partial charge on any atom is -0.308 e. The first-order chi connectivity index (χ1) is 5.84. The van der Waals surface area contributed by atoms with Crippen LogP contribution in [-0.2, 0) is 0 Å². The van der Waals surface area contributed by atoms with Crippen LogP contribution in [0.15, 0.2) is 10.6 Å². The first kappa shape index (κ1) is 11.4. The van der Waals surface area contributed by atoms with Crippen molar-refractivity contribution >= 4 is 23.2 Å². The van der Waals surface area contributed by atoms with Crippen LogP contribution >= 0.6 is 23.2 Å². The predicted octanol–water partition coefficient (Wildman–Crippen LogP) is 3.33. The zero-order chi connectivity index (χ0) is 10.3. The van der Waals surface area contributed by atoms with Crippen molar-refractivity contribution in [2.75, 3.05) is 6.54 Å². The SMILES string of the molecule is CC1(C)C(NC/C(Cl)=C/Cl)C1(C)C. The molecule has 0 atom stereocenters. The molecule has 1 saturated carbocycles. The van der Waals surface area contributed by atoms with E-state index in [-0.39, 0.29) is 0 Å². The molecule has 0 aromatic heterocycles. The lowest BCUT2D eigenvalue weighted by Crippen LogP contribution is -2.23. The van der Waals surface area contributed by atoms with Gasteiger partial charge in [0.15, 0.2) is 0 Å². The van der Waals surface area contributed by atoms with Gasteiger partial charge in [0, 0.05) is 23.2 Å². The van der Waals surface area contributed by atoms with Gasteiger partial charge in [0.05, 0.1) is 0 Å². The molecule has 3 heteroatoms. The van der Waals surface area contributed by atoms with Crippen molar-refractivity contribution in [2.24, 2.45) is 10.8 Å². The van der Waals surface area contributed by atoms with Crippen molar-refractivity contribution in [3.05, 3.63) is 10.6 Å². The molecule has 0 aliphatic heterocycles. The second-order valence-electron chi connectivity index (χ2n) is 4.81. The molecular weight excluding hydrogens is 205 g/mol. The molecule has 1 aliphatic carbocycles. The molecule has 0 saturated heterocycles. The topological polar surface area (TPSA) is 12.0 Å². The van der Waals surface area contributed by atoms with Crippen LogP contribution in [-0.4, -0.2) is 12.6 Å². The van der Waals surface area contributed by atoms with Crippen LogP contribution in [0, 0.1) is 10.8 Å². The highest BCUT2D eigenvalue weighted by atomic mass is 35.5. The Balaban J connectivity index is 2.43. The monoisotopic (exact) mass is 221 g/mol. The molecule has 0 radical (unpaired) electrons. The molecule has 1 aliphatic rings. The van der Waals surface area contributed by atoms with Crippen LogP contribution in [0.25, 0.3) is 0 Å². The van der Waals surface area contributed by atoms with Gasteiger partial charge in [-0.15, -0.1) is 0 Å². The summed E-state index contributed by atoms with van der Waals surface area (Å²) in [7, 11) is 0. The largest absolute Gasteiger partial charge is 0.308 e. The standard InChI is InChI=1S/C10H17Cl2N/c1-9(2)8(10(9,3)4)13-6-7(12)5-11/h5,8,13H,6H2,1-4H3/b7-5-. The van der Waals surface area contributed by atoms with E-state index in [9.17, 15) is 0 Å². The fraction of sp³-hybridized carbons (Fsp3) is 0.800. The van der Waals surface area contributed by atoms with E-state index in [1.165, 1.54) is 5.54 Å². The van der Waals surface area contributed by atoms with Gasteiger partial charge in [-0.05, 0) is 10.8 Å². The van der Waals surface area contributed by atoms with E-state index >= 15 is 0 Å². The summed E-state index contributed by atoms with van der Waals surface area (Å²) < 4.78 is 0. The van der Waals surface area contributed by atoms with Gasteiger partial charge in [0.2, 0.25) is 0 Å². The zero-order valence-corrected chi connectivity index (χ0v) is 10.1. The minimum atomic E-state index is 0.358. The molecule has 0 unspecified atom stereocenters. The summed E-state index contributed by atoms with van der Waals surface area (Å²) >= 11 is 11.3. The fourth-order valence-electron chi connectivity index (χ4n) is 1.94. The van der Waals surface area contributed by atoms with E-state index in [4.69, 9.17) is 23.2 Å². The maximum Gasteiger partial charge on any atom is 0.0432 e. The fourth-order valence-corrected chi connectivity index (χ4v) is 2.10. The molecule has 0 heterocycles. The van der Waals surface area contributed by atoms with Crippen molar-refractivity contribution in [3.8, 4) is 0 Å². The average Bonchev–Trinajstić information content (AvgIpc) is 2.40. The smallest absolute Gasteiger partial charge is 0.0432 e. The molecule has 1 nitrogen and oxygen atoms in total. The Hall–Kier alpha value is 0.280. The van der Waals surface area contributed by atoms with Crippen LogP contribution in [0.5, 0.6) is 0 Å². The van der Waals surface area contributed by atoms with Gasteiger partial charge in [-0.1, -0.05) is 50.9 Å². The van der Waals surface area contributed by atoms with E-state index in [1.54, 1.807) is 0 Å². The van der Waals surface area contributed by atoms with Crippen LogP contribution < -0.4 is 5.32 Å². The Morgan fingerprint density at radius 3 is 2.08 bits per heavy atom. The Labute approximate surface area is 90.5 Å². The van der Waals surface area contributed by atoms with Gasteiger partial charge in [0.25, 0.3) is 0 Å². The number of hydrogen-bond donors (Lipinski definition) is 1. The molecule has 1 fully saturated rings. The summed E-state index contributed by atoms with van der Waals surface area (Å²) in [4.78, 5) is 0. The number of hydrogen-bond acceptors (Lipinski definition) is 1. The normalized spacial score (nSPS) is 26.2. The van der Waals surface area contributed by atoms with Gasteiger partial charge in [-0.2, -0.15) is 0 Å². The van der Waals surface area contributed by atoms with Gasteiger partial charge in [-0.25, -0.2) is 0 Å². The third-order valence-corrected chi connectivity index (χ3v) is 4.23. The van der Waals surface area contributed by atoms with E-state index in [0.29, 0.717) is 28.4 Å². The third-order valence-electron chi connectivity index (χ3n) is 3.61. The molecule has 0 spiro atoms. The van der Waals surface area contributed by atoms with Crippen molar-refractivity contribution in [2.45, 2.75) is 33.7 Å². The van der Waals surface area contributed by atoms with Gasteiger partial charge in [-0.3, -0.25) is 0 Å². The Kier molecular flexibility index (Phi) is 3.01. The Morgan fingerprint density at radius 2 is 1.77 bits per heavy atom. The Morgan fingerprint density at radius 1 is 1.31 bits per heavy atom. The predicted molar refractivity (Wildman–Crippen MR) is 59.1 cm³/mol. The van der Waals surface area contributed by atoms with Crippen molar-refractivity contribution in [1.29, 1.82) is 0 Å². The second kappa shape index (κ2) is 3.45. The Bertz CT molecular complexity index is 217. The summed E-state index contributed by atoms with van der Waals surface area (Å²) in [5.41, 5.74) is 2.13. The first-order valence-electron chi connectivity index (χ1n) is 4.52. The zero-order valence-electron chi connectivity index (χ0n) is 8.62. The number of halogens is 2.